The molecule has 2 heterocycles. The molecule has 5 atom stereocenters. The van der Waals surface area contributed by atoms with E-state index in [0.29, 0.717) is 31.7 Å². The number of aliphatic hydroxyl groups is 6. The second-order valence-electron chi connectivity index (χ2n) is 10.7. The van der Waals surface area contributed by atoms with Gasteiger partial charge in [0.1, 0.15) is 30.2 Å². The molecule has 1 aliphatic heterocycles. The summed E-state index contributed by atoms with van der Waals surface area (Å²) in [7, 11) is 0. The minimum absolute atomic E-state index is 0.0731. The lowest BCUT2D eigenvalue weighted by atomic mass is 9.98. The van der Waals surface area contributed by atoms with Crippen molar-refractivity contribution in [1.29, 1.82) is 0 Å². The molecule has 14 heteroatoms. The van der Waals surface area contributed by atoms with Crippen LogP contribution in [0.5, 0.6) is 11.6 Å². The average Bonchev–Trinajstić information content (AvgIpc) is 3.35. The molecule has 2 amide bonds. The van der Waals surface area contributed by atoms with Gasteiger partial charge in [0.05, 0.1) is 32.0 Å². The van der Waals surface area contributed by atoms with Gasteiger partial charge in [0, 0.05) is 24.2 Å². The Morgan fingerprint density at radius 2 is 1.78 bits per heavy atom. The van der Waals surface area contributed by atoms with E-state index in [0.717, 1.165) is 16.8 Å². The van der Waals surface area contributed by atoms with E-state index in [4.69, 9.17) is 14.2 Å². The molecule has 1 aromatic heterocycles. The summed E-state index contributed by atoms with van der Waals surface area (Å²) in [5, 5.41) is 70.8. The fourth-order valence-corrected chi connectivity index (χ4v) is 4.20. The van der Waals surface area contributed by atoms with Crippen LogP contribution >= 0.6 is 0 Å². The zero-order chi connectivity index (χ0) is 30.2. The number of benzene rings is 1. The van der Waals surface area contributed by atoms with Gasteiger partial charge in [-0.25, -0.2) is 4.79 Å². The molecule has 3 rings (SSSR count). The zero-order valence-electron chi connectivity index (χ0n) is 23.5. The SMILES string of the molecule is CC(C)c1[nH]nc(O[C@@H]2O[C@H](CO)[C@@H](O)[C@H](O)[C@H]2O)c1Cc1ccc(OCCCNC(=O)NC(C)(CO)CO)cc1. The van der Waals surface area contributed by atoms with Crippen molar-refractivity contribution in [2.24, 2.45) is 0 Å². The van der Waals surface area contributed by atoms with E-state index in [9.17, 15) is 35.4 Å². The fourth-order valence-electron chi connectivity index (χ4n) is 4.20. The molecule has 41 heavy (non-hydrogen) atoms. The lowest BCUT2D eigenvalue weighted by molar-refractivity contribution is -0.278. The molecule has 2 aromatic rings. The Labute approximate surface area is 238 Å². The molecule has 1 saturated heterocycles. The third-order valence-corrected chi connectivity index (χ3v) is 6.81. The number of nitrogens with one attached hydrogen (secondary N) is 3. The van der Waals surface area contributed by atoms with Crippen molar-refractivity contribution in [3.63, 3.8) is 0 Å². The van der Waals surface area contributed by atoms with Crippen molar-refractivity contribution in [3.05, 3.63) is 41.1 Å². The highest BCUT2D eigenvalue weighted by molar-refractivity contribution is 5.74. The van der Waals surface area contributed by atoms with Crippen molar-refractivity contribution in [3.8, 4) is 11.6 Å². The highest BCUT2D eigenvalue weighted by Crippen LogP contribution is 2.31. The monoisotopic (exact) mass is 582 g/mol. The van der Waals surface area contributed by atoms with Crippen LogP contribution in [0.15, 0.2) is 24.3 Å². The molecule has 1 aliphatic rings. The van der Waals surface area contributed by atoms with Crippen LogP contribution in [-0.4, -0.2) is 116 Å². The van der Waals surface area contributed by atoms with Crippen LogP contribution in [0.1, 0.15) is 49.9 Å². The highest BCUT2D eigenvalue weighted by atomic mass is 16.7. The minimum Gasteiger partial charge on any atom is -0.494 e. The quantitative estimate of drug-likeness (QED) is 0.124. The first-order valence-electron chi connectivity index (χ1n) is 13.6. The molecule has 0 radical (unpaired) electrons. The van der Waals surface area contributed by atoms with Crippen LogP contribution in [0.4, 0.5) is 4.79 Å². The molecule has 0 spiro atoms. The Morgan fingerprint density at radius 1 is 1.10 bits per heavy atom. The van der Waals surface area contributed by atoms with Gasteiger partial charge in [0.25, 0.3) is 0 Å². The first kappa shape index (κ1) is 32.5. The smallest absolute Gasteiger partial charge is 0.315 e. The summed E-state index contributed by atoms with van der Waals surface area (Å²) in [6.45, 7) is 4.86. The van der Waals surface area contributed by atoms with Gasteiger partial charge in [-0.15, -0.1) is 5.10 Å². The molecule has 0 bridgehead atoms. The Balaban J connectivity index is 1.56. The first-order chi connectivity index (χ1) is 19.5. The second kappa shape index (κ2) is 14.8. The van der Waals surface area contributed by atoms with E-state index < -0.39 is 48.9 Å². The number of H-pyrrole nitrogens is 1. The summed E-state index contributed by atoms with van der Waals surface area (Å²) < 4.78 is 17.1. The molecule has 0 aliphatic carbocycles. The topological polar surface area (TPSA) is 219 Å². The Morgan fingerprint density at radius 3 is 2.39 bits per heavy atom. The maximum Gasteiger partial charge on any atom is 0.315 e. The highest BCUT2D eigenvalue weighted by Gasteiger charge is 2.45. The van der Waals surface area contributed by atoms with Crippen LogP contribution in [-0.2, 0) is 11.2 Å². The number of nitrogens with zero attached hydrogens (tertiary/aromatic N) is 1. The number of rotatable bonds is 14. The lowest BCUT2D eigenvalue weighted by Gasteiger charge is -2.39. The zero-order valence-corrected chi connectivity index (χ0v) is 23.5. The number of carbonyl (C=O) groups is 1. The fraction of sp³-hybridized carbons (Fsp3) is 0.630. The van der Waals surface area contributed by atoms with Crippen LogP contribution in [0, 0.1) is 0 Å². The molecule has 0 unspecified atom stereocenters. The van der Waals surface area contributed by atoms with Gasteiger partial charge >= 0.3 is 6.03 Å². The van der Waals surface area contributed by atoms with Gasteiger partial charge in [-0.2, -0.15) is 0 Å². The van der Waals surface area contributed by atoms with Crippen LogP contribution in [0.2, 0.25) is 0 Å². The minimum atomic E-state index is -1.56. The number of carbonyl (C=O) groups excluding carboxylic acids is 1. The average molecular weight is 583 g/mol. The van der Waals surface area contributed by atoms with E-state index in [1.54, 1.807) is 0 Å². The van der Waals surface area contributed by atoms with E-state index in [1.807, 2.05) is 38.1 Å². The predicted molar refractivity (Wildman–Crippen MR) is 146 cm³/mol. The molecule has 0 saturated carbocycles. The maximum absolute atomic E-state index is 11.9. The summed E-state index contributed by atoms with van der Waals surface area (Å²) in [6, 6.07) is 6.92. The van der Waals surface area contributed by atoms with Crippen LogP contribution in [0.3, 0.4) is 0 Å². The number of amides is 2. The largest absolute Gasteiger partial charge is 0.494 e. The molecule has 9 N–H and O–H groups in total. The van der Waals surface area contributed by atoms with E-state index >= 15 is 0 Å². The van der Waals surface area contributed by atoms with Crippen LogP contribution in [0.25, 0.3) is 0 Å². The Hall–Kier alpha value is -2.98. The molecule has 230 valence electrons. The lowest BCUT2D eigenvalue weighted by Crippen LogP contribution is -2.60. The number of aromatic nitrogens is 2. The Bertz CT molecular complexity index is 1090. The standard InChI is InChI=1S/C27H42N4O10/c1-15(2)20-18(24(31-30-20)41-25-23(37)22(36)21(35)19(12-32)40-25)11-16-5-7-17(8-6-16)39-10-4-9-28-26(38)29-27(3,13-33)14-34/h5-8,15,19,21-23,25,32-37H,4,9-14H2,1-3H3,(H,30,31)(H2,28,29,38)/t19-,21-,22+,23-,25+/m1/s1. The normalized spacial score (nSPS) is 22.9. The van der Waals surface area contributed by atoms with Crippen LogP contribution < -0.4 is 20.1 Å². The van der Waals surface area contributed by atoms with Crippen molar-refractivity contribution < 1.29 is 49.6 Å². The number of aromatic amines is 1. The number of ether oxygens (including phenoxy) is 3. The van der Waals surface area contributed by atoms with Crippen molar-refractivity contribution in [1.82, 2.24) is 20.8 Å². The number of urea groups is 1. The third kappa shape index (κ3) is 8.52. The molecular formula is C27H42N4O10. The molecule has 1 aromatic carbocycles. The Kier molecular flexibility index (Phi) is 11.7. The van der Waals surface area contributed by atoms with Gasteiger partial charge in [0.2, 0.25) is 12.2 Å². The number of aliphatic hydroxyl groups excluding tert-OH is 6. The van der Waals surface area contributed by atoms with E-state index in [1.165, 1.54) is 6.92 Å². The van der Waals surface area contributed by atoms with Gasteiger partial charge in [-0.05, 0) is 37.0 Å². The van der Waals surface area contributed by atoms with Crippen molar-refractivity contribution >= 4 is 6.03 Å². The number of hydrogen-bond donors (Lipinski definition) is 9. The maximum atomic E-state index is 11.9. The van der Waals surface area contributed by atoms with Gasteiger partial charge in [0.15, 0.2) is 0 Å². The summed E-state index contributed by atoms with van der Waals surface area (Å²) in [5.41, 5.74) is 1.38. The molecular weight excluding hydrogens is 540 g/mol. The third-order valence-electron chi connectivity index (χ3n) is 6.81. The van der Waals surface area contributed by atoms with E-state index in [2.05, 4.69) is 20.8 Å². The number of hydrogen-bond acceptors (Lipinski definition) is 11. The first-order valence-corrected chi connectivity index (χ1v) is 13.6. The van der Waals surface area contributed by atoms with E-state index in [-0.39, 0.29) is 25.0 Å². The molecule has 14 nitrogen and oxygen atoms in total. The predicted octanol–water partition coefficient (Wildman–Crippen LogP) is -0.886. The summed E-state index contributed by atoms with van der Waals surface area (Å²) >= 11 is 0. The van der Waals surface area contributed by atoms with Gasteiger partial charge < -0.3 is 55.5 Å². The van der Waals surface area contributed by atoms with Crippen molar-refractivity contribution in [2.75, 3.05) is 33.0 Å². The summed E-state index contributed by atoms with van der Waals surface area (Å²) in [6.07, 6.45) is -6.09. The molecule has 1 fully saturated rings. The van der Waals surface area contributed by atoms with Gasteiger partial charge in [-0.1, -0.05) is 26.0 Å². The summed E-state index contributed by atoms with van der Waals surface area (Å²) in [5.74, 6) is 0.887. The van der Waals surface area contributed by atoms with Crippen molar-refractivity contribution in [2.45, 2.75) is 75.8 Å². The van der Waals surface area contributed by atoms with Gasteiger partial charge in [-0.3, -0.25) is 5.10 Å². The second-order valence-corrected chi connectivity index (χ2v) is 10.7. The summed E-state index contributed by atoms with van der Waals surface area (Å²) in [4.78, 5) is 11.9.